The second-order valence-electron chi connectivity index (χ2n) is 33.8. The van der Waals surface area contributed by atoms with Crippen LogP contribution < -0.4 is 0 Å². The van der Waals surface area contributed by atoms with E-state index in [0.29, 0.717) is 157 Å². The summed E-state index contributed by atoms with van der Waals surface area (Å²) < 4.78 is 13.1. The van der Waals surface area contributed by atoms with Gasteiger partial charge in [-0.05, 0) is 328 Å². The SMILES string of the molecule is C=Cc1c2nc(cc3[nH]c(cc4nc(cc5[nH]c1cc5C)C(C)=C4CCC(=O)OC(C)c1c(C)c4cc5nc(cc6[nH]c(cc7nc(cc1[nH]4)C(C)=C7C(C)O)c(C)c6CCC(=O)O)C(CCC(=O)O)=C5C)c(CCC(=O)OC(C)c1c(C)c4cc5nc(cc6[nH]c(cc7nc(cc1[nH]4)C(C)=C7C(C)O)c(C)c6CCC(=O)O)C(CCC(=O)O)=C5C)c3C)C=C2C. The van der Waals surface area contributed by atoms with Crippen molar-refractivity contribution in [1.29, 1.82) is 0 Å². The monoisotopic (exact) mass is 1700 g/mol. The van der Waals surface area contributed by atoms with Gasteiger partial charge in [0, 0.05) is 133 Å². The summed E-state index contributed by atoms with van der Waals surface area (Å²) in [6.07, 6.45) is 0.599. The number of rotatable bonds is 25. The van der Waals surface area contributed by atoms with Crippen molar-refractivity contribution in [3.05, 3.63) is 214 Å². The number of aryl methyl sites for hydroxylation is 9. The maximum Gasteiger partial charge on any atom is 0.306 e. The van der Waals surface area contributed by atoms with E-state index < -0.39 is 60.2 Å². The normalized spacial score (nSPS) is 14.4. The van der Waals surface area contributed by atoms with E-state index in [9.17, 15) is 59.4 Å². The number of carboxylic acid groups (broad SMARTS) is 4. The van der Waals surface area contributed by atoms with Gasteiger partial charge >= 0.3 is 35.8 Å². The lowest BCUT2D eigenvalue weighted by Crippen LogP contribution is -2.10. The summed E-state index contributed by atoms with van der Waals surface area (Å²) >= 11 is 0. The smallest absolute Gasteiger partial charge is 0.306 e. The molecule has 4 atom stereocenters. The number of nitrogens with zero attached hydrogens (tertiary/aromatic N) is 6. The molecule has 0 saturated heterocycles. The molecule has 24 bridgehead atoms. The van der Waals surface area contributed by atoms with Crippen molar-refractivity contribution in [1.82, 2.24) is 59.8 Å². The minimum Gasteiger partial charge on any atom is -0.481 e. The molecule has 9 aromatic rings. The van der Waals surface area contributed by atoms with Crippen molar-refractivity contribution in [3.8, 4) is 0 Å². The first-order valence-electron chi connectivity index (χ1n) is 42.6. The lowest BCUT2D eigenvalue weighted by Gasteiger charge is -2.15. The van der Waals surface area contributed by atoms with Gasteiger partial charge in [-0.15, -0.1) is 0 Å². The predicted molar refractivity (Wildman–Crippen MR) is 493 cm³/mol. The number of H-pyrrole nitrogens is 6. The fourth-order valence-corrected chi connectivity index (χ4v) is 18.7. The molecule has 15 heterocycles. The fraction of sp³-hybridized carbons (Fsp3) is 0.320. The van der Waals surface area contributed by atoms with Crippen LogP contribution in [0.15, 0.2) is 79.4 Å². The van der Waals surface area contributed by atoms with Gasteiger partial charge in [-0.2, -0.15) is 0 Å². The van der Waals surface area contributed by atoms with Gasteiger partial charge in [0.15, 0.2) is 0 Å². The number of aromatic nitrogens is 12. The molecule has 9 aromatic heterocycles. The zero-order valence-corrected chi connectivity index (χ0v) is 73.7. The Kier molecular flexibility index (Phi) is 24.1. The summed E-state index contributed by atoms with van der Waals surface area (Å²) in [5.74, 6) is -4.88. The summed E-state index contributed by atoms with van der Waals surface area (Å²) in [7, 11) is 0. The molecule has 6 aliphatic heterocycles. The molecule has 0 radical (unpaired) electrons. The first-order chi connectivity index (χ1) is 59.9. The summed E-state index contributed by atoms with van der Waals surface area (Å²) in [5, 5.41) is 62.6. The molecule has 0 aliphatic carbocycles. The molecule has 26 nitrogen and oxygen atoms in total. The third-order valence-corrected chi connectivity index (χ3v) is 25.5. The highest BCUT2D eigenvalue weighted by Crippen LogP contribution is 2.44. The number of aliphatic hydroxyl groups excluding tert-OH is 2. The van der Waals surface area contributed by atoms with Crippen LogP contribution in [-0.4, -0.2) is 138 Å². The standard InChI is InChI=1S/C100H104N12O14/c1-18-61-79-32-44(2)68(102-79)34-70-51(9)67(24-30-95(124)126-59(17)99-55(13)76-36-72-48(6)63(20-26-91(117)118)81(106-72)42-83-65(22-28-93(121)122)50(8)74(108-83)38-87-97(57(15)114)53(11)78(110-87)40-89(99)112-76)85(104-70)43-84-66(46(4)69(103-84)33-60-31-45(3)100(61)101-60)23-29-94(123)125-58(16)98-54(12)75-35-71-47(5)62(19-25-90(115)116)80(105-71)41-82-64(21-27-92(119)120)49(7)73(107-82)37-86-96(56(14)113)52(10)77(109-86)39-88(98)111-75/h18,31-43,56-59,102-103,107-108,111-114H,1,19-30H2,2-17H3,(H,115,116)(H,117,118)(H,119,120)(H,121,122). The number of hydrogen-bond donors (Lipinski definition) is 12. The highest BCUT2D eigenvalue weighted by Gasteiger charge is 2.31. The lowest BCUT2D eigenvalue weighted by atomic mass is 9.99. The molecule has 648 valence electrons. The molecule has 12 N–H and O–H groups in total. The molecular weight excluding hydrogens is 1590 g/mol. The van der Waals surface area contributed by atoms with E-state index in [4.69, 9.17) is 39.4 Å². The summed E-state index contributed by atoms with van der Waals surface area (Å²) in [5.41, 5.74) is 32.3. The molecule has 15 rings (SSSR count). The summed E-state index contributed by atoms with van der Waals surface area (Å²) in [6.45, 7) is 34.5. The fourth-order valence-electron chi connectivity index (χ4n) is 18.7. The Morgan fingerprint density at radius 3 is 1.04 bits per heavy atom. The molecule has 4 unspecified atom stereocenters. The van der Waals surface area contributed by atoms with Gasteiger partial charge in [0.2, 0.25) is 0 Å². The van der Waals surface area contributed by atoms with E-state index >= 15 is 0 Å². The Balaban J connectivity index is 0.794. The largest absolute Gasteiger partial charge is 0.481 e. The number of carboxylic acids is 4. The second-order valence-corrected chi connectivity index (χ2v) is 33.8. The van der Waals surface area contributed by atoms with Crippen LogP contribution in [0.5, 0.6) is 0 Å². The van der Waals surface area contributed by atoms with Crippen molar-refractivity contribution >= 4 is 175 Å². The average molecular weight is 1700 g/mol. The van der Waals surface area contributed by atoms with Crippen LogP contribution in [-0.2, 0) is 57.5 Å². The molecular formula is C100H104N12O14. The number of fused-ring (bicyclic) bond motifs is 24. The van der Waals surface area contributed by atoms with Gasteiger partial charge in [-0.3, -0.25) is 28.8 Å². The number of ether oxygens (including phenoxy) is 2. The van der Waals surface area contributed by atoms with E-state index in [1.165, 1.54) is 0 Å². The first kappa shape index (κ1) is 87.2. The third kappa shape index (κ3) is 17.0. The number of nitrogens with one attached hydrogen (secondary N) is 6. The molecule has 126 heavy (non-hydrogen) atoms. The zero-order valence-electron chi connectivity index (χ0n) is 73.7. The number of esters is 2. The molecule has 0 saturated carbocycles. The predicted octanol–water partition coefficient (Wildman–Crippen LogP) is 20.1. The van der Waals surface area contributed by atoms with Gasteiger partial charge < -0.3 is 70.0 Å². The number of hydrogen-bond acceptors (Lipinski definition) is 16. The van der Waals surface area contributed by atoms with Crippen LogP contribution in [0.4, 0.5) is 0 Å². The van der Waals surface area contributed by atoms with E-state index in [0.717, 1.165) is 106 Å². The zero-order chi connectivity index (χ0) is 90.2. The third-order valence-electron chi connectivity index (χ3n) is 25.5. The van der Waals surface area contributed by atoms with Crippen LogP contribution in [0, 0.1) is 41.5 Å². The Morgan fingerprint density at radius 2 is 0.651 bits per heavy atom. The molecule has 0 aromatic carbocycles. The number of aliphatic carboxylic acids is 4. The topological polar surface area (TPSA) is 414 Å². The Morgan fingerprint density at radius 1 is 0.349 bits per heavy atom. The first-order valence-corrected chi connectivity index (χ1v) is 42.6. The van der Waals surface area contributed by atoms with Crippen LogP contribution in [0.1, 0.15) is 274 Å². The van der Waals surface area contributed by atoms with Gasteiger partial charge in [0.05, 0.1) is 80.5 Å². The van der Waals surface area contributed by atoms with Gasteiger partial charge in [-0.1, -0.05) is 12.7 Å². The Hall–Kier alpha value is -13.7. The molecule has 0 amide bonds. The van der Waals surface area contributed by atoms with Crippen LogP contribution in [0.2, 0.25) is 0 Å². The van der Waals surface area contributed by atoms with Crippen LogP contribution in [0.3, 0.4) is 0 Å². The quantitative estimate of drug-likeness (QED) is 0.0236. The van der Waals surface area contributed by atoms with Crippen LogP contribution >= 0.6 is 0 Å². The van der Waals surface area contributed by atoms with E-state index in [2.05, 4.69) is 42.5 Å². The molecule has 6 aliphatic rings. The van der Waals surface area contributed by atoms with E-state index in [1.807, 2.05) is 170 Å². The highest BCUT2D eigenvalue weighted by atomic mass is 16.5. The summed E-state index contributed by atoms with van der Waals surface area (Å²) in [6, 6.07) is 23.0. The van der Waals surface area contributed by atoms with Crippen molar-refractivity contribution in [2.75, 3.05) is 0 Å². The van der Waals surface area contributed by atoms with E-state index in [1.54, 1.807) is 19.9 Å². The van der Waals surface area contributed by atoms with Crippen LogP contribution in [0.25, 0.3) is 140 Å². The number of carbonyl (C=O) groups excluding carboxylic acids is 2. The minimum absolute atomic E-state index is 0.0661. The average Bonchev–Trinajstić information content (AvgIpc) is 1.62. The Bertz CT molecular complexity index is 7010. The van der Waals surface area contributed by atoms with Crippen molar-refractivity contribution in [3.63, 3.8) is 0 Å². The number of aliphatic hydroxyl groups is 2. The Labute approximate surface area is 727 Å². The van der Waals surface area contributed by atoms with Crippen molar-refractivity contribution in [2.45, 2.75) is 212 Å². The highest BCUT2D eigenvalue weighted by molar-refractivity contribution is 6.01. The van der Waals surface area contributed by atoms with Crippen molar-refractivity contribution < 1.29 is 68.9 Å². The van der Waals surface area contributed by atoms with E-state index in [-0.39, 0.29) is 77.0 Å². The molecule has 26 heteroatoms. The summed E-state index contributed by atoms with van der Waals surface area (Å²) in [4.78, 5) is 131. The minimum atomic E-state index is -0.979. The van der Waals surface area contributed by atoms with Gasteiger partial charge in [0.25, 0.3) is 0 Å². The molecule has 0 fully saturated rings. The van der Waals surface area contributed by atoms with Crippen molar-refractivity contribution in [2.24, 2.45) is 0 Å². The second kappa shape index (κ2) is 34.8. The van der Waals surface area contributed by atoms with Gasteiger partial charge in [-0.25, -0.2) is 29.9 Å². The maximum atomic E-state index is 15.0. The number of allylic oxidation sites excluding steroid dienone is 9. The molecule has 0 spiro atoms. The number of aromatic amines is 6. The lowest BCUT2D eigenvalue weighted by molar-refractivity contribution is -0.149. The maximum absolute atomic E-state index is 15.0. The number of carbonyl (C=O) groups is 6. The van der Waals surface area contributed by atoms with Gasteiger partial charge in [0.1, 0.15) is 12.2 Å².